The van der Waals surface area contributed by atoms with Crippen molar-refractivity contribution in [3.8, 4) is 0 Å². The van der Waals surface area contributed by atoms with Crippen LogP contribution in [0.3, 0.4) is 0 Å². The summed E-state index contributed by atoms with van der Waals surface area (Å²) in [6.07, 6.45) is 0.694. The summed E-state index contributed by atoms with van der Waals surface area (Å²) >= 11 is 5.75. The number of nitrogens with zero attached hydrogens (tertiary/aromatic N) is 2. The average molecular weight is 355 g/mol. The summed E-state index contributed by atoms with van der Waals surface area (Å²) in [5, 5.41) is -0.202. The second-order valence-corrected chi connectivity index (χ2v) is 7.69. The van der Waals surface area contributed by atoms with Gasteiger partial charge >= 0.3 is 0 Å². The van der Waals surface area contributed by atoms with Crippen molar-refractivity contribution < 1.29 is 12.8 Å². The zero-order chi connectivity index (χ0) is 16.6. The lowest BCUT2D eigenvalue weighted by atomic mass is 10.2. The van der Waals surface area contributed by atoms with Crippen molar-refractivity contribution in [2.45, 2.75) is 11.3 Å². The van der Waals surface area contributed by atoms with Crippen LogP contribution in [0.15, 0.2) is 47.4 Å². The first-order valence-electron chi connectivity index (χ1n) is 7.19. The fourth-order valence-corrected chi connectivity index (χ4v) is 4.49. The number of halogens is 2. The summed E-state index contributed by atoms with van der Waals surface area (Å²) in [6, 6.07) is 10.8. The van der Waals surface area contributed by atoms with Gasteiger partial charge in [0.1, 0.15) is 5.82 Å². The van der Waals surface area contributed by atoms with Gasteiger partial charge in [-0.15, -0.1) is 0 Å². The highest BCUT2D eigenvalue weighted by molar-refractivity contribution is 7.92. The van der Waals surface area contributed by atoms with E-state index in [2.05, 4.69) is 0 Å². The molecule has 0 aliphatic carbocycles. The molecule has 2 aromatic rings. The zero-order valence-corrected chi connectivity index (χ0v) is 14.1. The molecule has 1 aliphatic rings. The number of sulfonamides is 1. The molecule has 0 radical (unpaired) electrons. The smallest absolute Gasteiger partial charge is 0.264 e. The van der Waals surface area contributed by atoms with E-state index in [0.717, 1.165) is 24.4 Å². The minimum absolute atomic E-state index is 0.0109. The van der Waals surface area contributed by atoms with E-state index in [1.54, 1.807) is 12.1 Å². The van der Waals surface area contributed by atoms with Crippen LogP contribution in [0.4, 0.5) is 15.8 Å². The lowest BCUT2D eigenvalue weighted by Gasteiger charge is -2.25. The van der Waals surface area contributed by atoms with Gasteiger partial charge in [-0.3, -0.25) is 4.31 Å². The molecular formula is C16H16ClFN2O2S. The molecule has 23 heavy (non-hydrogen) atoms. The van der Waals surface area contributed by atoms with Crippen molar-refractivity contribution in [3.63, 3.8) is 0 Å². The Bertz CT molecular complexity index is 842. The third kappa shape index (κ3) is 2.88. The Morgan fingerprint density at radius 1 is 1.09 bits per heavy atom. The van der Waals surface area contributed by atoms with Gasteiger partial charge < -0.3 is 4.90 Å². The Balaban J connectivity index is 2.12. The SMILES string of the molecule is CN1CCCN(S(=O)(=O)c2ccc(F)c(Cl)c2)c2ccccc21. The van der Waals surface area contributed by atoms with E-state index in [1.807, 2.05) is 24.1 Å². The molecule has 4 nitrogen and oxygen atoms in total. The summed E-state index contributed by atoms with van der Waals surface area (Å²) in [5.74, 6) is -0.637. The molecule has 0 saturated carbocycles. The van der Waals surface area contributed by atoms with Crippen LogP contribution in [0.25, 0.3) is 0 Å². The van der Waals surface area contributed by atoms with Crippen LogP contribution in [-0.4, -0.2) is 28.6 Å². The normalized spacial score (nSPS) is 15.3. The molecular weight excluding hydrogens is 339 g/mol. The van der Waals surface area contributed by atoms with E-state index < -0.39 is 15.8 Å². The Hall–Kier alpha value is -1.79. The lowest BCUT2D eigenvalue weighted by molar-refractivity contribution is 0.589. The van der Waals surface area contributed by atoms with Gasteiger partial charge in [0.2, 0.25) is 0 Å². The van der Waals surface area contributed by atoms with E-state index in [0.29, 0.717) is 18.7 Å². The van der Waals surface area contributed by atoms with Gasteiger partial charge in [0.05, 0.1) is 21.3 Å². The van der Waals surface area contributed by atoms with Crippen molar-refractivity contribution in [2.75, 3.05) is 29.3 Å². The van der Waals surface area contributed by atoms with Crippen LogP contribution < -0.4 is 9.21 Å². The van der Waals surface area contributed by atoms with Crippen molar-refractivity contribution in [2.24, 2.45) is 0 Å². The molecule has 1 aliphatic heterocycles. The fraction of sp³-hybridized carbons (Fsp3) is 0.250. The maximum Gasteiger partial charge on any atom is 0.264 e. The highest BCUT2D eigenvalue weighted by Gasteiger charge is 2.29. The molecule has 122 valence electrons. The van der Waals surface area contributed by atoms with Gasteiger partial charge in [0.25, 0.3) is 10.0 Å². The summed E-state index contributed by atoms with van der Waals surface area (Å²) < 4.78 is 40.7. The molecule has 1 heterocycles. The largest absolute Gasteiger partial charge is 0.373 e. The summed E-state index contributed by atoms with van der Waals surface area (Å²) in [4.78, 5) is 2.02. The molecule has 0 spiro atoms. The van der Waals surface area contributed by atoms with Gasteiger partial charge in [-0.25, -0.2) is 12.8 Å². The second kappa shape index (κ2) is 6.02. The molecule has 0 bridgehead atoms. The number of para-hydroxylation sites is 2. The fourth-order valence-electron chi connectivity index (χ4n) is 2.70. The van der Waals surface area contributed by atoms with Crippen LogP contribution in [0.5, 0.6) is 0 Å². The van der Waals surface area contributed by atoms with E-state index in [9.17, 15) is 12.8 Å². The van der Waals surface area contributed by atoms with Crippen LogP contribution in [0.1, 0.15) is 6.42 Å². The van der Waals surface area contributed by atoms with Crippen LogP contribution in [0, 0.1) is 5.82 Å². The maximum atomic E-state index is 13.3. The molecule has 3 rings (SSSR count). The van der Waals surface area contributed by atoms with Gasteiger partial charge in [-0.2, -0.15) is 0 Å². The number of hydrogen-bond donors (Lipinski definition) is 0. The first kappa shape index (κ1) is 16.1. The van der Waals surface area contributed by atoms with Crippen molar-refractivity contribution in [1.82, 2.24) is 0 Å². The van der Waals surface area contributed by atoms with E-state index >= 15 is 0 Å². The van der Waals surface area contributed by atoms with E-state index in [4.69, 9.17) is 11.6 Å². The van der Waals surface area contributed by atoms with Crippen LogP contribution >= 0.6 is 11.6 Å². The third-order valence-corrected chi connectivity index (χ3v) is 5.99. The zero-order valence-electron chi connectivity index (χ0n) is 12.5. The molecule has 2 aromatic carbocycles. The first-order valence-corrected chi connectivity index (χ1v) is 9.01. The van der Waals surface area contributed by atoms with Crippen molar-refractivity contribution in [1.29, 1.82) is 0 Å². The minimum atomic E-state index is -3.81. The predicted octanol–water partition coefficient (Wildman–Crippen LogP) is 3.51. The number of benzene rings is 2. The second-order valence-electron chi connectivity index (χ2n) is 5.42. The van der Waals surface area contributed by atoms with Crippen LogP contribution in [-0.2, 0) is 10.0 Å². The molecule has 0 saturated heterocycles. The minimum Gasteiger partial charge on any atom is -0.373 e. The number of hydrogen-bond acceptors (Lipinski definition) is 3. The predicted molar refractivity (Wildman–Crippen MR) is 90.3 cm³/mol. The molecule has 0 amide bonds. The molecule has 0 fully saturated rings. The van der Waals surface area contributed by atoms with Crippen molar-refractivity contribution in [3.05, 3.63) is 53.3 Å². The first-order chi connectivity index (χ1) is 10.9. The monoisotopic (exact) mass is 354 g/mol. The number of fused-ring (bicyclic) bond motifs is 1. The Morgan fingerprint density at radius 2 is 1.78 bits per heavy atom. The Labute approximate surface area is 140 Å². The van der Waals surface area contributed by atoms with E-state index in [1.165, 1.54) is 10.4 Å². The topological polar surface area (TPSA) is 40.6 Å². The van der Waals surface area contributed by atoms with Gasteiger partial charge in [0.15, 0.2) is 0 Å². The Morgan fingerprint density at radius 3 is 2.48 bits per heavy atom. The lowest BCUT2D eigenvalue weighted by Crippen LogP contribution is -2.31. The number of rotatable bonds is 2. The van der Waals surface area contributed by atoms with Gasteiger partial charge in [-0.05, 0) is 36.8 Å². The molecule has 0 unspecified atom stereocenters. The quantitative estimate of drug-likeness (QED) is 0.828. The summed E-state index contributed by atoms with van der Waals surface area (Å²) in [7, 11) is -1.87. The molecule has 0 atom stereocenters. The van der Waals surface area contributed by atoms with E-state index in [-0.39, 0.29) is 9.92 Å². The van der Waals surface area contributed by atoms with Crippen LogP contribution in [0.2, 0.25) is 5.02 Å². The highest BCUT2D eigenvalue weighted by atomic mass is 35.5. The van der Waals surface area contributed by atoms with Crippen molar-refractivity contribution >= 4 is 33.0 Å². The summed E-state index contributed by atoms with van der Waals surface area (Å²) in [5.41, 5.74) is 1.47. The average Bonchev–Trinajstić information content (AvgIpc) is 2.70. The molecule has 0 N–H and O–H groups in total. The van der Waals surface area contributed by atoms with Gasteiger partial charge in [0, 0.05) is 20.1 Å². The molecule has 7 heteroatoms. The highest BCUT2D eigenvalue weighted by Crippen LogP contribution is 2.35. The molecule has 0 aromatic heterocycles. The third-order valence-electron chi connectivity index (χ3n) is 3.90. The summed E-state index contributed by atoms with van der Waals surface area (Å²) in [6.45, 7) is 1.12. The number of anilines is 2. The standard InChI is InChI=1S/C16H16ClFN2O2S/c1-19-9-4-10-20(16-6-3-2-5-15(16)19)23(21,22)12-7-8-14(18)13(17)11-12/h2-3,5-8,11H,4,9-10H2,1H3. The Kier molecular flexibility index (Phi) is 4.21. The van der Waals surface area contributed by atoms with Gasteiger partial charge in [-0.1, -0.05) is 23.7 Å². The maximum absolute atomic E-state index is 13.3.